The number of hydrogen-bond donors (Lipinski definition) is 2. The van der Waals surface area contributed by atoms with Crippen LogP contribution in [0.4, 0.5) is 0 Å². The molecule has 0 aromatic carbocycles. The molecule has 0 bridgehead atoms. The Balaban J connectivity index is 1.74. The predicted octanol–water partition coefficient (Wildman–Crippen LogP) is 1.09. The zero-order valence-corrected chi connectivity index (χ0v) is 11.4. The number of hydrogen-bond acceptors (Lipinski definition) is 3. The van der Waals surface area contributed by atoms with Crippen molar-refractivity contribution in [2.75, 3.05) is 26.2 Å². The fourth-order valence-electron chi connectivity index (χ4n) is 3.06. The number of likely N-dealkylation sites (tertiary alicyclic amines) is 1. The minimum Gasteiger partial charge on any atom is -0.481 e. The van der Waals surface area contributed by atoms with Crippen LogP contribution in [0.15, 0.2) is 0 Å². The number of carbonyl (C=O) groups is 2. The van der Waals surface area contributed by atoms with Crippen LogP contribution >= 0.6 is 0 Å². The predicted molar refractivity (Wildman–Crippen MR) is 71.8 cm³/mol. The van der Waals surface area contributed by atoms with Crippen molar-refractivity contribution in [2.45, 2.75) is 38.5 Å². The summed E-state index contributed by atoms with van der Waals surface area (Å²) in [5.74, 6) is -0.331. The van der Waals surface area contributed by atoms with Crippen molar-refractivity contribution in [3.05, 3.63) is 0 Å². The lowest BCUT2D eigenvalue weighted by Crippen LogP contribution is -2.42. The zero-order chi connectivity index (χ0) is 13.7. The lowest BCUT2D eigenvalue weighted by Gasteiger charge is -2.31. The summed E-state index contributed by atoms with van der Waals surface area (Å²) in [4.78, 5) is 24.9. The van der Waals surface area contributed by atoms with Gasteiger partial charge in [-0.15, -0.1) is 0 Å². The molecule has 0 unspecified atom stereocenters. The van der Waals surface area contributed by atoms with E-state index in [2.05, 4.69) is 5.32 Å². The molecule has 2 fully saturated rings. The van der Waals surface area contributed by atoms with Crippen molar-refractivity contribution < 1.29 is 14.7 Å². The Bertz CT molecular complexity index is 327. The molecule has 0 spiro atoms. The first-order valence-corrected chi connectivity index (χ1v) is 7.38. The minimum atomic E-state index is -0.768. The SMILES string of the molecule is O=C(O)[C@@H]1CCCN(C(=O)CCC2CCNCC2)C1. The highest BCUT2D eigenvalue weighted by Gasteiger charge is 2.28. The lowest BCUT2D eigenvalue weighted by molar-refractivity contribution is -0.145. The van der Waals surface area contributed by atoms with Crippen molar-refractivity contribution in [3.8, 4) is 0 Å². The van der Waals surface area contributed by atoms with Gasteiger partial charge >= 0.3 is 5.97 Å². The van der Waals surface area contributed by atoms with Crippen LogP contribution in [0.1, 0.15) is 38.5 Å². The fourth-order valence-corrected chi connectivity index (χ4v) is 3.06. The zero-order valence-electron chi connectivity index (χ0n) is 11.4. The highest BCUT2D eigenvalue weighted by Crippen LogP contribution is 2.21. The number of amides is 1. The molecule has 0 aromatic rings. The first kappa shape index (κ1) is 14.3. The van der Waals surface area contributed by atoms with E-state index in [9.17, 15) is 9.59 Å². The Morgan fingerprint density at radius 3 is 2.63 bits per heavy atom. The van der Waals surface area contributed by atoms with E-state index < -0.39 is 5.97 Å². The van der Waals surface area contributed by atoms with E-state index in [0.29, 0.717) is 25.3 Å². The quantitative estimate of drug-likeness (QED) is 0.801. The summed E-state index contributed by atoms with van der Waals surface area (Å²) in [5.41, 5.74) is 0. The number of carboxylic acids is 1. The van der Waals surface area contributed by atoms with Gasteiger partial charge in [0.05, 0.1) is 5.92 Å². The standard InChI is InChI=1S/C14H24N2O3/c17-13(4-3-11-5-7-15-8-6-11)16-9-1-2-12(10-16)14(18)19/h11-12,15H,1-10H2,(H,18,19)/t12-/m1/s1. The van der Waals surface area contributed by atoms with Gasteiger partial charge in [-0.05, 0) is 51.1 Å². The van der Waals surface area contributed by atoms with Crippen molar-refractivity contribution >= 4 is 11.9 Å². The summed E-state index contributed by atoms with van der Waals surface area (Å²) in [6, 6.07) is 0. The van der Waals surface area contributed by atoms with Gasteiger partial charge in [0, 0.05) is 19.5 Å². The average molecular weight is 268 g/mol. The summed E-state index contributed by atoms with van der Waals surface area (Å²) in [6.07, 6.45) is 5.37. The van der Waals surface area contributed by atoms with E-state index >= 15 is 0 Å². The molecule has 19 heavy (non-hydrogen) atoms. The summed E-state index contributed by atoms with van der Waals surface area (Å²) in [6.45, 7) is 3.25. The molecular formula is C14H24N2O3. The Kier molecular flexibility index (Phi) is 5.19. The molecule has 0 radical (unpaired) electrons. The van der Waals surface area contributed by atoms with Gasteiger partial charge in [0.25, 0.3) is 0 Å². The van der Waals surface area contributed by atoms with Crippen molar-refractivity contribution in [2.24, 2.45) is 11.8 Å². The average Bonchev–Trinajstić information content (AvgIpc) is 2.46. The lowest BCUT2D eigenvalue weighted by atomic mass is 9.92. The summed E-state index contributed by atoms with van der Waals surface area (Å²) >= 11 is 0. The molecule has 5 nitrogen and oxygen atoms in total. The summed E-state index contributed by atoms with van der Waals surface area (Å²) in [5, 5.41) is 12.4. The summed E-state index contributed by atoms with van der Waals surface area (Å²) < 4.78 is 0. The normalized spacial score (nSPS) is 25.3. The molecule has 108 valence electrons. The molecule has 0 aliphatic carbocycles. The number of nitrogens with zero attached hydrogens (tertiary/aromatic N) is 1. The van der Waals surface area contributed by atoms with Gasteiger partial charge in [-0.3, -0.25) is 9.59 Å². The number of rotatable bonds is 4. The molecule has 1 amide bonds. The molecule has 0 saturated carbocycles. The van der Waals surface area contributed by atoms with Crippen LogP contribution in [0.2, 0.25) is 0 Å². The van der Waals surface area contributed by atoms with Gasteiger partial charge in [-0.25, -0.2) is 0 Å². The Hall–Kier alpha value is -1.10. The molecule has 5 heteroatoms. The Morgan fingerprint density at radius 1 is 1.21 bits per heavy atom. The van der Waals surface area contributed by atoms with Crippen LogP contribution in [-0.2, 0) is 9.59 Å². The molecule has 2 aliphatic heterocycles. The fraction of sp³-hybridized carbons (Fsp3) is 0.857. The van der Waals surface area contributed by atoms with Gasteiger partial charge in [0.2, 0.25) is 5.91 Å². The van der Waals surface area contributed by atoms with Gasteiger partial charge in [-0.1, -0.05) is 0 Å². The molecule has 2 heterocycles. The van der Waals surface area contributed by atoms with Crippen LogP contribution in [0.25, 0.3) is 0 Å². The van der Waals surface area contributed by atoms with E-state index in [1.54, 1.807) is 4.90 Å². The molecule has 2 aliphatic rings. The molecule has 2 N–H and O–H groups in total. The van der Waals surface area contributed by atoms with E-state index in [4.69, 9.17) is 5.11 Å². The first-order chi connectivity index (χ1) is 9.16. The topological polar surface area (TPSA) is 69.6 Å². The van der Waals surface area contributed by atoms with E-state index in [0.717, 1.165) is 45.3 Å². The van der Waals surface area contributed by atoms with Gasteiger partial charge in [-0.2, -0.15) is 0 Å². The smallest absolute Gasteiger partial charge is 0.308 e. The van der Waals surface area contributed by atoms with Gasteiger partial charge in [0.1, 0.15) is 0 Å². The molecule has 0 aromatic heterocycles. The third kappa shape index (κ3) is 4.20. The van der Waals surface area contributed by atoms with Gasteiger partial charge in [0.15, 0.2) is 0 Å². The molecule has 1 atom stereocenters. The van der Waals surface area contributed by atoms with Crippen LogP contribution in [0.3, 0.4) is 0 Å². The van der Waals surface area contributed by atoms with Gasteiger partial charge < -0.3 is 15.3 Å². The van der Waals surface area contributed by atoms with Crippen LogP contribution in [0.5, 0.6) is 0 Å². The minimum absolute atomic E-state index is 0.143. The molecular weight excluding hydrogens is 244 g/mol. The third-order valence-electron chi connectivity index (χ3n) is 4.35. The highest BCUT2D eigenvalue weighted by molar-refractivity contribution is 5.78. The Morgan fingerprint density at radius 2 is 1.95 bits per heavy atom. The van der Waals surface area contributed by atoms with Crippen molar-refractivity contribution in [3.63, 3.8) is 0 Å². The maximum Gasteiger partial charge on any atom is 0.308 e. The third-order valence-corrected chi connectivity index (χ3v) is 4.35. The Labute approximate surface area is 114 Å². The van der Waals surface area contributed by atoms with E-state index in [1.807, 2.05) is 0 Å². The second kappa shape index (κ2) is 6.89. The highest BCUT2D eigenvalue weighted by atomic mass is 16.4. The van der Waals surface area contributed by atoms with E-state index in [1.165, 1.54) is 0 Å². The summed E-state index contributed by atoms with van der Waals surface area (Å²) in [7, 11) is 0. The number of piperidine rings is 2. The number of carbonyl (C=O) groups excluding carboxylic acids is 1. The second-order valence-electron chi connectivity index (χ2n) is 5.75. The maximum absolute atomic E-state index is 12.1. The first-order valence-electron chi connectivity index (χ1n) is 7.38. The van der Waals surface area contributed by atoms with Crippen LogP contribution < -0.4 is 5.32 Å². The van der Waals surface area contributed by atoms with Crippen LogP contribution in [-0.4, -0.2) is 48.1 Å². The van der Waals surface area contributed by atoms with E-state index in [-0.39, 0.29) is 11.8 Å². The monoisotopic (exact) mass is 268 g/mol. The van der Waals surface area contributed by atoms with Crippen molar-refractivity contribution in [1.82, 2.24) is 10.2 Å². The largest absolute Gasteiger partial charge is 0.481 e. The number of carboxylic acid groups (broad SMARTS) is 1. The maximum atomic E-state index is 12.1. The number of nitrogens with one attached hydrogen (secondary N) is 1. The van der Waals surface area contributed by atoms with Crippen molar-refractivity contribution in [1.29, 1.82) is 0 Å². The number of aliphatic carboxylic acids is 1. The second-order valence-corrected chi connectivity index (χ2v) is 5.75. The molecule has 2 saturated heterocycles. The van der Waals surface area contributed by atoms with Crippen LogP contribution in [0, 0.1) is 11.8 Å². The molecule has 2 rings (SSSR count).